The monoisotopic (exact) mass is 475 g/mol. The van der Waals surface area contributed by atoms with Crippen LogP contribution in [0.5, 0.6) is 5.75 Å². The number of hydrogen-bond donors (Lipinski definition) is 0. The van der Waals surface area contributed by atoms with Crippen LogP contribution in [0.3, 0.4) is 0 Å². The molecular formula is C28H30ClN3O2. The van der Waals surface area contributed by atoms with Crippen LogP contribution in [0.25, 0.3) is 11.1 Å². The lowest BCUT2D eigenvalue weighted by molar-refractivity contribution is 0.0600. The third-order valence-corrected chi connectivity index (χ3v) is 7.04. The molecule has 1 aliphatic heterocycles. The minimum Gasteiger partial charge on any atom is -0.491 e. The fourth-order valence-corrected chi connectivity index (χ4v) is 5.21. The van der Waals surface area contributed by atoms with Crippen molar-refractivity contribution in [2.75, 3.05) is 53.4 Å². The Labute approximate surface area is 206 Å². The molecule has 0 aromatic heterocycles. The second-order valence-corrected chi connectivity index (χ2v) is 9.61. The molecule has 1 aliphatic carbocycles. The quantitative estimate of drug-likeness (QED) is 0.512. The number of nitrogens with zero attached hydrogens (tertiary/aromatic N) is 3. The first-order valence-electron chi connectivity index (χ1n) is 11.8. The molecule has 3 aromatic carbocycles. The molecule has 1 heterocycles. The van der Waals surface area contributed by atoms with E-state index in [1.165, 1.54) is 22.3 Å². The minimum atomic E-state index is 0.0219. The number of ether oxygens (including phenoxy) is 1. The highest BCUT2D eigenvalue weighted by Gasteiger charge is 2.35. The lowest BCUT2D eigenvalue weighted by Crippen LogP contribution is -2.49. The van der Waals surface area contributed by atoms with E-state index in [1.807, 2.05) is 30.0 Å². The van der Waals surface area contributed by atoms with Crippen LogP contribution in [0.1, 0.15) is 27.5 Å². The SMILES string of the molecule is CN(C)CCOc1ccc(C(=O)N2CCN(C3c4ccccc4-c4ccccc43)CC2)cc1Cl. The van der Waals surface area contributed by atoms with Gasteiger partial charge >= 0.3 is 0 Å². The van der Waals surface area contributed by atoms with Gasteiger partial charge in [0.2, 0.25) is 0 Å². The summed E-state index contributed by atoms with van der Waals surface area (Å²) in [5.41, 5.74) is 5.98. The fourth-order valence-electron chi connectivity index (χ4n) is 4.98. The normalized spacial score (nSPS) is 15.9. The van der Waals surface area contributed by atoms with E-state index in [0.717, 1.165) is 19.6 Å². The van der Waals surface area contributed by atoms with Crippen LogP contribution in [0, 0.1) is 0 Å². The van der Waals surface area contributed by atoms with Crippen molar-refractivity contribution in [3.05, 3.63) is 88.4 Å². The van der Waals surface area contributed by atoms with Crippen molar-refractivity contribution in [3.63, 3.8) is 0 Å². The van der Waals surface area contributed by atoms with E-state index in [0.29, 0.717) is 36.0 Å². The summed E-state index contributed by atoms with van der Waals surface area (Å²) < 4.78 is 5.75. The summed E-state index contributed by atoms with van der Waals surface area (Å²) in [5, 5.41) is 0.474. The van der Waals surface area contributed by atoms with Crippen molar-refractivity contribution in [2.45, 2.75) is 6.04 Å². The molecule has 5 rings (SSSR count). The molecule has 1 fully saturated rings. The van der Waals surface area contributed by atoms with Gasteiger partial charge in [-0.25, -0.2) is 0 Å². The molecule has 1 saturated heterocycles. The lowest BCUT2D eigenvalue weighted by Gasteiger charge is -2.38. The molecule has 2 aliphatic rings. The molecule has 0 N–H and O–H groups in total. The Morgan fingerprint density at radius 1 is 0.941 bits per heavy atom. The Morgan fingerprint density at radius 3 is 2.15 bits per heavy atom. The Morgan fingerprint density at radius 2 is 1.56 bits per heavy atom. The highest BCUT2D eigenvalue weighted by molar-refractivity contribution is 6.32. The average molecular weight is 476 g/mol. The standard InChI is InChI=1S/C28H30ClN3O2/c1-30(2)17-18-34-26-12-11-20(19-25(26)29)28(33)32-15-13-31(14-16-32)27-23-9-5-3-7-21(23)22-8-4-6-10-24(22)27/h3-12,19,27H,13-18H2,1-2H3. The number of halogens is 1. The topological polar surface area (TPSA) is 36.0 Å². The number of hydrogen-bond acceptors (Lipinski definition) is 4. The summed E-state index contributed by atoms with van der Waals surface area (Å²) >= 11 is 6.42. The van der Waals surface area contributed by atoms with Gasteiger partial charge in [0.25, 0.3) is 5.91 Å². The van der Waals surface area contributed by atoms with Crippen LogP contribution in [0.15, 0.2) is 66.7 Å². The summed E-state index contributed by atoms with van der Waals surface area (Å²) in [4.78, 5) is 19.7. The molecule has 6 heteroatoms. The zero-order valence-corrected chi connectivity index (χ0v) is 20.5. The number of rotatable bonds is 6. The Balaban J connectivity index is 1.25. The van der Waals surface area contributed by atoms with Gasteiger partial charge in [-0.1, -0.05) is 60.1 Å². The second kappa shape index (κ2) is 9.79. The van der Waals surface area contributed by atoms with Crippen LogP contribution in [-0.4, -0.2) is 74.0 Å². The number of benzene rings is 3. The van der Waals surface area contributed by atoms with Gasteiger partial charge in [0.05, 0.1) is 11.1 Å². The molecule has 176 valence electrons. The molecule has 1 amide bonds. The highest BCUT2D eigenvalue weighted by Crippen LogP contribution is 2.46. The number of carbonyl (C=O) groups is 1. The molecule has 0 radical (unpaired) electrons. The van der Waals surface area contributed by atoms with E-state index < -0.39 is 0 Å². The maximum atomic E-state index is 13.2. The van der Waals surface area contributed by atoms with Gasteiger partial charge in [0, 0.05) is 38.3 Å². The van der Waals surface area contributed by atoms with Crippen LogP contribution >= 0.6 is 11.6 Å². The molecule has 3 aromatic rings. The van der Waals surface area contributed by atoms with Gasteiger partial charge < -0.3 is 14.5 Å². The summed E-state index contributed by atoms with van der Waals surface area (Å²) in [6, 6.07) is 23.0. The molecule has 0 spiro atoms. The fraction of sp³-hybridized carbons (Fsp3) is 0.321. The molecule has 0 bridgehead atoms. The molecule has 0 atom stereocenters. The largest absolute Gasteiger partial charge is 0.491 e. The molecule has 34 heavy (non-hydrogen) atoms. The van der Waals surface area contributed by atoms with Crippen LogP contribution in [0.4, 0.5) is 0 Å². The van der Waals surface area contributed by atoms with Gasteiger partial charge in [-0.2, -0.15) is 0 Å². The number of likely N-dealkylation sites (N-methyl/N-ethyl adjacent to an activating group) is 1. The van der Waals surface area contributed by atoms with Crippen LogP contribution in [-0.2, 0) is 0 Å². The number of piperazine rings is 1. The van der Waals surface area contributed by atoms with E-state index in [-0.39, 0.29) is 11.9 Å². The predicted molar refractivity (Wildman–Crippen MR) is 137 cm³/mol. The van der Waals surface area contributed by atoms with Gasteiger partial charge in [-0.05, 0) is 54.5 Å². The van der Waals surface area contributed by atoms with Crippen LogP contribution < -0.4 is 4.74 Å². The van der Waals surface area contributed by atoms with E-state index in [4.69, 9.17) is 16.3 Å². The molecule has 0 unspecified atom stereocenters. The third kappa shape index (κ3) is 4.43. The van der Waals surface area contributed by atoms with E-state index in [9.17, 15) is 4.79 Å². The van der Waals surface area contributed by atoms with Crippen molar-refractivity contribution in [1.82, 2.24) is 14.7 Å². The number of carbonyl (C=O) groups excluding carboxylic acids is 1. The highest BCUT2D eigenvalue weighted by atomic mass is 35.5. The van der Waals surface area contributed by atoms with Gasteiger partial charge in [0.1, 0.15) is 12.4 Å². The number of fused-ring (bicyclic) bond motifs is 3. The van der Waals surface area contributed by atoms with Crippen molar-refractivity contribution >= 4 is 17.5 Å². The predicted octanol–water partition coefficient (Wildman–Crippen LogP) is 4.81. The van der Waals surface area contributed by atoms with Gasteiger partial charge in [-0.15, -0.1) is 0 Å². The lowest BCUT2D eigenvalue weighted by atomic mass is 10.0. The smallest absolute Gasteiger partial charge is 0.253 e. The molecule has 0 saturated carbocycles. The molecule has 5 nitrogen and oxygen atoms in total. The van der Waals surface area contributed by atoms with Crippen molar-refractivity contribution in [2.24, 2.45) is 0 Å². The summed E-state index contributed by atoms with van der Waals surface area (Å²) in [6.45, 7) is 4.40. The zero-order chi connectivity index (χ0) is 23.7. The molecular weight excluding hydrogens is 446 g/mol. The minimum absolute atomic E-state index is 0.0219. The third-order valence-electron chi connectivity index (χ3n) is 6.74. The maximum absolute atomic E-state index is 13.2. The van der Waals surface area contributed by atoms with E-state index >= 15 is 0 Å². The summed E-state index contributed by atoms with van der Waals surface area (Å²) in [6.07, 6.45) is 0. The summed E-state index contributed by atoms with van der Waals surface area (Å²) in [7, 11) is 3.99. The van der Waals surface area contributed by atoms with Gasteiger partial charge in [0.15, 0.2) is 0 Å². The van der Waals surface area contributed by atoms with Crippen molar-refractivity contribution in [3.8, 4) is 16.9 Å². The van der Waals surface area contributed by atoms with E-state index in [1.54, 1.807) is 12.1 Å². The first kappa shape index (κ1) is 22.9. The van der Waals surface area contributed by atoms with Crippen molar-refractivity contribution < 1.29 is 9.53 Å². The van der Waals surface area contributed by atoms with E-state index in [2.05, 4.69) is 53.4 Å². The second-order valence-electron chi connectivity index (χ2n) is 9.20. The Bertz CT molecular complexity index is 1140. The Kier molecular flexibility index (Phi) is 6.59. The summed E-state index contributed by atoms with van der Waals surface area (Å²) in [5.74, 6) is 0.636. The Hall–Kier alpha value is -2.86. The maximum Gasteiger partial charge on any atom is 0.253 e. The first-order valence-corrected chi connectivity index (χ1v) is 12.2. The first-order chi connectivity index (χ1) is 16.5. The van der Waals surface area contributed by atoms with Crippen LogP contribution in [0.2, 0.25) is 5.02 Å². The van der Waals surface area contributed by atoms with Crippen molar-refractivity contribution in [1.29, 1.82) is 0 Å². The number of amides is 1. The average Bonchev–Trinajstić information content (AvgIpc) is 3.19. The zero-order valence-electron chi connectivity index (χ0n) is 19.7. The van der Waals surface area contributed by atoms with Gasteiger partial charge in [-0.3, -0.25) is 9.69 Å².